The highest BCUT2D eigenvalue weighted by molar-refractivity contribution is 7.80. The Kier molecular flexibility index (Phi) is 7.56. The summed E-state index contributed by atoms with van der Waals surface area (Å²) >= 11 is 5.49. The number of benzene rings is 2. The van der Waals surface area contributed by atoms with Gasteiger partial charge in [0.25, 0.3) is 0 Å². The minimum absolute atomic E-state index is 0.124. The number of nitrogens with one attached hydrogen (secondary N) is 2. The van der Waals surface area contributed by atoms with E-state index in [9.17, 15) is 0 Å². The Hall–Kier alpha value is -2.31. The molecule has 2 unspecified atom stereocenters. The lowest BCUT2D eigenvalue weighted by atomic mass is 9.87. The summed E-state index contributed by atoms with van der Waals surface area (Å²) in [7, 11) is 3.38. The van der Waals surface area contributed by atoms with Crippen LogP contribution in [0, 0.1) is 6.92 Å². The molecule has 162 valence electrons. The van der Waals surface area contributed by atoms with Crippen molar-refractivity contribution in [1.29, 1.82) is 0 Å². The number of fused-ring (bicyclic) bond motifs is 1. The van der Waals surface area contributed by atoms with Crippen LogP contribution in [0.1, 0.15) is 42.1 Å². The van der Waals surface area contributed by atoms with Gasteiger partial charge in [-0.2, -0.15) is 0 Å². The zero-order valence-corrected chi connectivity index (χ0v) is 19.4. The van der Waals surface area contributed by atoms with Crippen LogP contribution in [0.15, 0.2) is 36.4 Å². The smallest absolute Gasteiger partial charge is 0.166 e. The third-order valence-electron chi connectivity index (χ3n) is 5.66. The Morgan fingerprint density at radius 2 is 1.93 bits per heavy atom. The summed E-state index contributed by atoms with van der Waals surface area (Å²) in [6.45, 7) is 9.06. The second-order valence-electron chi connectivity index (χ2n) is 7.85. The van der Waals surface area contributed by atoms with Gasteiger partial charge in [0.05, 0.1) is 20.3 Å². The van der Waals surface area contributed by atoms with Crippen molar-refractivity contribution in [3.05, 3.63) is 58.7 Å². The molecular weight excluding hydrogens is 394 g/mol. The maximum atomic E-state index is 5.62. The molecule has 3 rings (SSSR count). The Bertz CT molecular complexity index is 887. The van der Waals surface area contributed by atoms with Gasteiger partial charge in [-0.3, -0.25) is 4.90 Å². The molecule has 0 saturated carbocycles. The first-order chi connectivity index (χ1) is 14.5. The minimum Gasteiger partial charge on any atom is -0.493 e. The highest BCUT2D eigenvalue weighted by atomic mass is 32.1. The van der Waals surface area contributed by atoms with Crippen LogP contribution in [-0.4, -0.2) is 43.4 Å². The maximum absolute atomic E-state index is 5.62. The summed E-state index contributed by atoms with van der Waals surface area (Å²) in [5.74, 6) is 1.55. The van der Waals surface area contributed by atoms with E-state index >= 15 is 0 Å². The molecule has 1 aliphatic heterocycles. The molecule has 0 fully saturated rings. The van der Waals surface area contributed by atoms with Crippen LogP contribution in [0.5, 0.6) is 11.5 Å². The van der Waals surface area contributed by atoms with Crippen molar-refractivity contribution in [2.45, 2.75) is 45.8 Å². The number of methoxy groups -OCH3 is 2. The molecular formula is C24H33N3O2S. The molecule has 30 heavy (non-hydrogen) atoms. The largest absolute Gasteiger partial charge is 0.493 e. The molecule has 0 aliphatic carbocycles. The van der Waals surface area contributed by atoms with Gasteiger partial charge in [-0.25, -0.2) is 0 Å². The fourth-order valence-corrected chi connectivity index (χ4v) is 4.66. The van der Waals surface area contributed by atoms with Gasteiger partial charge in [0.2, 0.25) is 0 Å². The average Bonchev–Trinajstić information content (AvgIpc) is 2.72. The Morgan fingerprint density at radius 3 is 2.60 bits per heavy atom. The van der Waals surface area contributed by atoms with E-state index in [-0.39, 0.29) is 12.1 Å². The van der Waals surface area contributed by atoms with Crippen LogP contribution >= 0.6 is 12.2 Å². The van der Waals surface area contributed by atoms with Crippen molar-refractivity contribution in [2.75, 3.05) is 27.3 Å². The first-order valence-electron chi connectivity index (χ1n) is 10.6. The van der Waals surface area contributed by atoms with E-state index in [0.717, 1.165) is 37.6 Å². The van der Waals surface area contributed by atoms with Crippen molar-refractivity contribution in [3.8, 4) is 11.5 Å². The Morgan fingerprint density at radius 1 is 1.20 bits per heavy atom. The molecule has 1 aliphatic rings. The van der Waals surface area contributed by atoms with Gasteiger partial charge in [-0.1, -0.05) is 29.8 Å². The summed E-state index contributed by atoms with van der Waals surface area (Å²) in [6, 6.07) is 13.3. The predicted molar refractivity (Wildman–Crippen MR) is 126 cm³/mol. The molecule has 0 bridgehead atoms. The van der Waals surface area contributed by atoms with E-state index in [1.165, 1.54) is 22.3 Å². The average molecular weight is 428 g/mol. The number of aryl methyl sites for hydroxylation is 1. The first kappa shape index (κ1) is 22.4. The van der Waals surface area contributed by atoms with Crippen LogP contribution < -0.4 is 20.1 Å². The van der Waals surface area contributed by atoms with Crippen molar-refractivity contribution in [2.24, 2.45) is 0 Å². The molecule has 1 heterocycles. The Balaban J connectivity index is 1.97. The highest BCUT2D eigenvalue weighted by Crippen LogP contribution is 2.40. The molecule has 0 radical (unpaired) electrons. The fraction of sp³-hybridized carbons (Fsp3) is 0.458. The summed E-state index contributed by atoms with van der Waals surface area (Å²) in [4.78, 5) is 2.54. The molecule has 0 saturated heterocycles. The minimum atomic E-state index is 0.124. The zero-order chi connectivity index (χ0) is 21.7. The second-order valence-corrected chi connectivity index (χ2v) is 8.26. The van der Waals surface area contributed by atoms with E-state index < -0.39 is 0 Å². The number of ether oxygens (including phenoxy) is 2. The van der Waals surface area contributed by atoms with E-state index in [1.54, 1.807) is 14.2 Å². The molecule has 2 aromatic carbocycles. The summed E-state index contributed by atoms with van der Waals surface area (Å²) in [6.07, 6.45) is 0.975. The Labute approximate surface area is 185 Å². The normalized spacial score (nSPS) is 17.0. The van der Waals surface area contributed by atoms with Crippen LogP contribution in [0.2, 0.25) is 0 Å². The number of nitrogens with zero attached hydrogens (tertiary/aromatic N) is 1. The lowest BCUT2D eigenvalue weighted by molar-refractivity contribution is 0.149. The number of hydrogen-bond donors (Lipinski definition) is 2. The van der Waals surface area contributed by atoms with Crippen LogP contribution in [0.4, 0.5) is 0 Å². The van der Waals surface area contributed by atoms with Gasteiger partial charge < -0.3 is 20.1 Å². The van der Waals surface area contributed by atoms with Gasteiger partial charge >= 0.3 is 0 Å². The number of rotatable bonds is 7. The highest BCUT2D eigenvalue weighted by Gasteiger charge is 2.33. The molecule has 0 spiro atoms. The molecule has 2 aromatic rings. The fourth-order valence-electron chi connectivity index (χ4n) is 4.33. The molecule has 0 aromatic heterocycles. The summed E-state index contributed by atoms with van der Waals surface area (Å²) in [5.41, 5.74) is 5.18. The third-order valence-corrected chi connectivity index (χ3v) is 5.93. The molecule has 2 N–H and O–H groups in total. The topological polar surface area (TPSA) is 45.8 Å². The molecule has 2 atom stereocenters. The second kappa shape index (κ2) is 10.1. The maximum Gasteiger partial charge on any atom is 0.166 e. The van der Waals surface area contributed by atoms with Gasteiger partial charge in [0.15, 0.2) is 16.6 Å². The quantitative estimate of drug-likeness (QED) is 0.652. The van der Waals surface area contributed by atoms with Gasteiger partial charge in [-0.05, 0) is 68.2 Å². The zero-order valence-electron chi connectivity index (χ0n) is 18.6. The van der Waals surface area contributed by atoms with Crippen LogP contribution in [-0.2, 0) is 13.0 Å². The monoisotopic (exact) mass is 427 g/mol. The van der Waals surface area contributed by atoms with Crippen molar-refractivity contribution in [3.63, 3.8) is 0 Å². The summed E-state index contributed by atoms with van der Waals surface area (Å²) < 4.78 is 11.2. The number of hydrogen-bond acceptors (Lipinski definition) is 4. The van der Waals surface area contributed by atoms with Gasteiger partial charge in [-0.15, -0.1) is 0 Å². The molecule has 0 amide bonds. The predicted octanol–water partition coefficient (Wildman–Crippen LogP) is 3.98. The number of thiocarbonyl (C=S) groups is 1. The molecule has 6 heteroatoms. The van der Waals surface area contributed by atoms with Gasteiger partial charge in [0.1, 0.15) is 0 Å². The van der Waals surface area contributed by atoms with Crippen molar-refractivity contribution in [1.82, 2.24) is 15.5 Å². The van der Waals surface area contributed by atoms with E-state index in [0.29, 0.717) is 5.11 Å². The lowest BCUT2D eigenvalue weighted by Crippen LogP contribution is -2.49. The summed E-state index contributed by atoms with van der Waals surface area (Å²) in [5, 5.41) is 7.39. The van der Waals surface area contributed by atoms with Crippen LogP contribution in [0.25, 0.3) is 0 Å². The first-order valence-corrected chi connectivity index (χ1v) is 11.0. The van der Waals surface area contributed by atoms with E-state index in [1.807, 2.05) is 0 Å². The third kappa shape index (κ3) is 5.05. The lowest BCUT2D eigenvalue weighted by Gasteiger charge is -2.41. The van der Waals surface area contributed by atoms with Crippen LogP contribution in [0.3, 0.4) is 0 Å². The molecule has 5 nitrogen and oxygen atoms in total. The SMILES string of the molecule is CCNC(=S)NC(C)C1c2cc(OC)c(OC)cc2CCN1Cc1cccc(C)c1. The van der Waals surface area contributed by atoms with E-state index in [2.05, 4.69) is 72.7 Å². The van der Waals surface area contributed by atoms with E-state index in [4.69, 9.17) is 21.7 Å². The van der Waals surface area contributed by atoms with Crippen molar-refractivity contribution < 1.29 is 9.47 Å². The standard InChI is InChI=1S/C24H33N3O2S/c1-6-25-24(30)26-17(3)23-20-14-22(29-5)21(28-4)13-19(20)10-11-27(23)15-18-9-7-8-16(2)12-18/h7-9,12-14,17,23H,6,10-11,15H2,1-5H3,(H2,25,26,30). The van der Waals surface area contributed by atoms with Gasteiger partial charge in [0, 0.05) is 25.7 Å². The van der Waals surface area contributed by atoms with Crippen molar-refractivity contribution >= 4 is 17.3 Å².